The number of anilines is 2. The van der Waals surface area contributed by atoms with Crippen LogP contribution in [0.2, 0.25) is 10.0 Å². The van der Waals surface area contributed by atoms with Crippen LogP contribution in [0.3, 0.4) is 0 Å². The average Bonchev–Trinajstić information content (AvgIpc) is 2.27. The summed E-state index contributed by atoms with van der Waals surface area (Å²) in [6.07, 6.45) is 0. The van der Waals surface area contributed by atoms with Crippen LogP contribution in [0.15, 0.2) is 12.1 Å². The Bertz CT molecular complexity index is 453. The molecule has 0 atom stereocenters. The van der Waals surface area contributed by atoms with Crippen molar-refractivity contribution in [3.05, 3.63) is 22.2 Å². The maximum atomic E-state index is 6.06. The van der Waals surface area contributed by atoms with Crippen LogP contribution in [0.5, 0.6) is 0 Å². The lowest BCUT2D eigenvalue weighted by Gasteiger charge is -2.41. The van der Waals surface area contributed by atoms with Gasteiger partial charge in [0, 0.05) is 17.5 Å². The molecule has 1 aliphatic heterocycles. The number of rotatable bonds is 0. The minimum Gasteiger partial charge on any atom is -0.383 e. The van der Waals surface area contributed by atoms with E-state index in [9.17, 15) is 0 Å². The van der Waals surface area contributed by atoms with Gasteiger partial charge in [0.25, 0.3) is 0 Å². The van der Waals surface area contributed by atoms with Crippen LogP contribution in [0.25, 0.3) is 0 Å². The summed E-state index contributed by atoms with van der Waals surface area (Å²) in [5.41, 5.74) is 2.11. The lowest BCUT2D eigenvalue weighted by atomic mass is 9.74. The van der Waals surface area contributed by atoms with Crippen LogP contribution >= 0.6 is 23.2 Å². The molecule has 0 radical (unpaired) electrons. The summed E-state index contributed by atoms with van der Waals surface area (Å²) in [4.78, 5) is 0. The molecule has 0 saturated carbocycles. The molecule has 1 heterocycles. The zero-order chi connectivity index (χ0) is 12.8. The van der Waals surface area contributed by atoms with E-state index in [1.165, 1.54) is 0 Å². The van der Waals surface area contributed by atoms with Crippen molar-refractivity contribution in [3.63, 3.8) is 0 Å². The number of fused-ring (bicyclic) bond motifs is 1. The summed E-state index contributed by atoms with van der Waals surface area (Å²) >= 11 is 12.1. The van der Waals surface area contributed by atoms with Crippen LogP contribution in [-0.2, 0) is 0 Å². The second kappa shape index (κ2) is 3.96. The number of hydrogen-bond donors (Lipinski definition) is 2. The molecule has 1 aliphatic rings. The van der Waals surface area contributed by atoms with E-state index in [2.05, 4.69) is 38.3 Å². The molecule has 2 N–H and O–H groups in total. The van der Waals surface area contributed by atoms with Crippen molar-refractivity contribution in [2.75, 3.05) is 17.2 Å². The van der Waals surface area contributed by atoms with Gasteiger partial charge in [0.1, 0.15) is 0 Å². The summed E-state index contributed by atoms with van der Waals surface area (Å²) in [5.74, 6) is 0. The first-order chi connectivity index (χ1) is 7.73. The Hall–Kier alpha value is -0.600. The van der Waals surface area contributed by atoms with Crippen LogP contribution in [0, 0.1) is 5.41 Å². The minimum absolute atomic E-state index is 0.0254. The maximum Gasteiger partial charge on any atom is 0.0614 e. The number of benzene rings is 1. The van der Waals surface area contributed by atoms with E-state index in [0.29, 0.717) is 10.0 Å². The molecule has 2 nitrogen and oxygen atoms in total. The Labute approximate surface area is 113 Å². The fourth-order valence-corrected chi connectivity index (χ4v) is 2.17. The first kappa shape index (κ1) is 12.8. The van der Waals surface area contributed by atoms with Crippen molar-refractivity contribution in [3.8, 4) is 0 Å². The minimum atomic E-state index is -0.0254. The Morgan fingerprint density at radius 2 is 1.53 bits per heavy atom. The standard InChI is InChI=1S/C13H18Cl2N2/c1-12(2)7-16-10-5-8(14)9(15)6-11(10)17-13(12,3)4/h5-6,16-17H,7H2,1-4H3. The van der Waals surface area contributed by atoms with Crippen molar-refractivity contribution in [2.45, 2.75) is 33.2 Å². The Morgan fingerprint density at radius 3 is 2.12 bits per heavy atom. The van der Waals surface area contributed by atoms with E-state index in [4.69, 9.17) is 23.2 Å². The van der Waals surface area contributed by atoms with E-state index in [0.717, 1.165) is 17.9 Å². The van der Waals surface area contributed by atoms with Crippen LogP contribution in [-0.4, -0.2) is 12.1 Å². The monoisotopic (exact) mass is 272 g/mol. The van der Waals surface area contributed by atoms with E-state index >= 15 is 0 Å². The molecule has 2 rings (SSSR count). The van der Waals surface area contributed by atoms with Gasteiger partial charge < -0.3 is 10.6 Å². The molecule has 94 valence electrons. The summed E-state index contributed by atoms with van der Waals surface area (Å²) in [6, 6.07) is 3.76. The van der Waals surface area contributed by atoms with E-state index in [1.807, 2.05) is 12.1 Å². The normalized spacial score (nSPS) is 20.8. The smallest absolute Gasteiger partial charge is 0.0614 e. The third-order valence-electron chi connectivity index (χ3n) is 3.92. The van der Waals surface area contributed by atoms with Crippen LogP contribution in [0.4, 0.5) is 11.4 Å². The quantitative estimate of drug-likeness (QED) is 0.719. The van der Waals surface area contributed by atoms with Gasteiger partial charge in [0.2, 0.25) is 0 Å². The number of nitrogens with one attached hydrogen (secondary N) is 2. The summed E-state index contributed by atoms with van der Waals surface area (Å²) in [7, 11) is 0. The molecule has 0 spiro atoms. The van der Waals surface area contributed by atoms with E-state index < -0.39 is 0 Å². The summed E-state index contributed by atoms with van der Waals surface area (Å²) in [6.45, 7) is 9.76. The van der Waals surface area contributed by atoms with Gasteiger partial charge in [-0.1, -0.05) is 37.0 Å². The molecule has 0 unspecified atom stereocenters. The number of hydrogen-bond acceptors (Lipinski definition) is 2. The van der Waals surface area contributed by atoms with Crippen molar-refractivity contribution in [1.29, 1.82) is 0 Å². The lowest BCUT2D eigenvalue weighted by Crippen LogP contribution is -2.47. The maximum absolute atomic E-state index is 6.06. The number of halogens is 2. The Morgan fingerprint density at radius 1 is 1.00 bits per heavy atom. The highest BCUT2D eigenvalue weighted by molar-refractivity contribution is 6.42. The highest BCUT2D eigenvalue weighted by Crippen LogP contribution is 2.42. The predicted octanol–water partition coefficient (Wildman–Crippen LogP) is 4.64. The van der Waals surface area contributed by atoms with Gasteiger partial charge in [0.05, 0.1) is 21.4 Å². The Balaban J connectivity index is 2.48. The molecule has 0 aromatic heterocycles. The van der Waals surface area contributed by atoms with Gasteiger partial charge in [-0.25, -0.2) is 0 Å². The lowest BCUT2D eigenvalue weighted by molar-refractivity contribution is 0.245. The largest absolute Gasteiger partial charge is 0.383 e. The zero-order valence-electron chi connectivity index (χ0n) is 10.6. The molecule has 0 saturated heterocycles. The van der Waals surface area contributed by atoms with Gasteiger partial charge >= 0.3 is 0 Å². The first-order valence-electron chi connectivity index (χ1n) is 5.74. The van der Waals surface area contributed by atoms with Gasteiger partial charge in [0.15, 0.2) is 0 Å². The topological polar surface area (TPSA) is 24.1 Å². The molecule has 4 heteroatoms. The van der Waals surface area contributed by atoms with Gasteiger partial charge in [-0.3, -0.25) is 0 Å². The second-order valence-corrected chi connectivity index (χ2v) is 6.61. The molecule has 17 heavy (non-hydrogen) atoms. The third kappa shape index (κ3) is 2.21. The average molecular weight is 273 g/mol. The SMILES string of the molecule is CC1(C)CNc2cc(Cl)c(Cl)cc2NC1(C)C. The fourth-order valence-electron chi connectivity index (χ4n) is 1.84. The molecular weight excluding hydrogens is 255 g/mol. The van der Waals surface area contributed by atoms with Gasteiger partial charge in [-0.2, -0.15) is 0 Å². The molecule has 0 aliphatic carbocycles. The second-order valence-electron chi connectivity index (χ2n) is 5.80. The highest BCUT2D eigenvalue weighted by atomic mass is 35.5. The summed E-state index contributed by atoms with van der Waals surface area (Å²) < 4.78 is 0. The van der Waals surface area contributed by atoms with Crippen LogP contribution in [0.1, 0.15) is 27.7 Å². The van der Waals surface area contributed by atoms with Crippen molar-refractivity contribution in [2.24, 2.45) is 5.41 Å². The predicted molar refractivity (Wildman–Crippen MR) is 76.4 cm³/mol. The molecule has 1 aromatic carbocycles. The molecule has 0 bridgehead atoms. The summed E-state index contributed by atoms with van der Waals surface area (Å²) in [5, 5.41) is 8.14. The first-order valence-corrected chi connectivity index (χ1v) is 6.50. The Kier molecular flexibility index (Phi) is 2.99. The zero-order valence-corrected chi connectivity index (χ0v) is 12.1. The van der Waals surface area contributed by atoms with E-state index in [-0.39, 0.29) is 11.0 Å². The molecular formula is C13H18Cl2N2. The van der Waals surface area contributed by atoms with Crippen molar-refractivity contribution in [1.82, 2.24) is 0 Å². The van der Waals surface area contributed by atoms with Crippen LogP contribution < -0.4 is 10.6 Å². The molecule has 0 amide bonds. The van der Waals surface area contributed by atoms with E-state index in [1.54, 1.807) is 0 Å². The fraction of sp³-hybridized carbons (Fsp3) is 0.538. The van der Waals surface area contributed by atoms with Gasteiger partial charge in [-0.05, 0) is 26.0 Å². The molecule has 1 aromatic rings. The molecule has 0 fully saturated rings. The third-order valence-corrected chi connectivity index (χ3v) is 4.64. The van der Waals surface area contributed by atoms with Gasteiger partial charge in [-0.15, -0.1) is 0 Å². The van der Waals surface area contributed by atoms with Crippen molar-refractivity contribution < 1.29 is 0 Å². The highest BCUT2D eigenvalue weighted by Gasteiger charge is 2.39. The van der Waals surface area contributed by atoms with Crippen molar-refractivity contribution >= 4 is 34.6 Å².